The Balaban J connectivity index is 1.59. The van der Waals surface area contributed by atoms with Crippen LogP contribution in [0.2, 0.25) is 5.02 Å². The standard InChI is InChI=1S/C20H17ClN6O4/c1-30-14-6-7-15(16(9-14)31-2)23-17(28)10-26-11-22-19-18(20(26)29)24-25-27(19)13-5-3-4-12(21)8-13/h3-9,11H,10H2,1-2H3,(H,23,28). The predicted octanol–water partition coefficient (Wildman–Crippen LogP) is 2.29. The Labute approximate surface area is 181 Å². The monoisotopic (exact) mass is 440 g/mol. The number of methoxy groups -OCH3 is 2. The van der Waals surface area contributed by atoms with Crippen LogP contribution in [-0.2, 0) is 11.3 Å². The molecule has 4 rings (SSSR count). The van der Waals surface area contributed by atoms with Gasteiger partial charge in [0.15, 0.2) is 11.2 Å². The minimum absolute atomic E-state index is 0.0392. The van der Waals surface area contributed by atoms with Gasteiger partial charge >= 0.3 is 0 Å². The molecule has 0 aliphatic heterocycles. The van der Waals surface area contributed by atoms with Gasteiger partial charge in [0.1, 0.15) is 24.4 Å². The fourth-order valence-electron chi connectivity index (χ4n) is 2.98. The molecule has 0 aliphatic rings. The Morgan fingerprint density at radius 3 is 2.74 bits per heavy atom. The molecule has 0 aliphatic carbocycles. The van der Waals surface area contributed by atoms with Crippen molar-refractivity contribution in [2.24, 2.45) is 0 Å². The number of ether oxygens (including phenoxy) is 2. The zero-order valence-corrected chi connectivity index (χ0v) is 17.3. The van der Waals surface area contributed by atoms with E-state index in [4.69, 9.17) is 21.1 Å². The minimum atomic E-state index is -0.491. The highest BCUT2D eigenvalue weighted by molar-refractivity contribution is 6.30. The molecular weight excluding hydrogens is 424 g/mol. The van der Waals surface area contributed by atoms with Crippen LogP contribution in [0.4, 0.5) is 5.69 Å². The number of fused-ring (bicyclic) bond motifs is 1. The Kier molecular flexibility index (Phi) is 5.54. The second kappa shape index (κ2) is 8.44. The van der Waals surface area contributed by atoms with Gasteiger partial charge in [0, 0.05) is 11.1 Å². The Hall–Kier alpha value is -3.92. The van der Waals surface area contributed by atoms with Crippen LogP contribution >= 0.6 is 11.6 Å². The molecular formula is C20H17ClN6O4. The lowest BCUT2D eigenvalue weighted by Crippen LogP contribution is -2.28. The third-order valence-corrected chi connectivity index (χ3v) is 4.71. The van der Waals surface area contributed by atoms with E-state index < -0.39 is 11.5 Å². The summed E-state index contributed by atoms with van der Waals surface area (Å²) in [5, 5.41) is 11.2. The fourth-order valence-corrected chi connectivity index (χ4v) is 3.17. The molecule has 4 aromatic rings. The number of hydrogen-bond donors (Lipinski definition) is 1. The molecule has 0 bridgehead atoms. The van der Waals surface area contributed by atoms with Gasteiger partial charge in [-0.2, -0.15) is 4.68 Å². The van der Waals surface area contributed by atoms with E-state index >= 15 is 0 Å². The number of anilines is 1. The maximum atomic E-state index is 12.8. The van der Waals surface area contributed by atoms with Gasteiger partial charge in [-0.15, -0.1) is 5.10 Å². The number of carbonyl (C=O) groups excluding carboxylic acids is 1. The summed E-state index contributed by atoms with van der Waals surface area (Å²) in [5.41, 5.74) is 0.874. The fraction of sp³-hybridized carbons (Fsp3) is 0.150. The summed E-state index contributed by atoms with van der Waals surface area (Å²) >= 11 is 6.02. The second-order valence-corrected chi connectivity index (χ2v) is 6.88. The van der Waals surface area contributed by atoms with Crippen molar-refractivity contribution < 1.29 is 14.3 Å². The summed E-state index contributed by atoms with van der Waals surface area (Å²) in [6.45, 7) is -0.263. The van der Waals surface area contributed by atoms with Crippen molar-refractivity contribution in [3.8, 4) is 17.2 Å². The van der Waals surface area contributed by atoms with Crippen molar-refractivity contribution in [2.45, 2.75) is 6.54 Å². The average Bonchev–Trinajstić information content (AvgIpc) is 3.21. The van der Waals surface area contributed by atoms with Crippen LogP contribution in [0.5, 0.6) is 11.5 Å². The van der Waals surface area contributed by atoms with Crippen LogP contribution in [0.3, 0.4) is 0 Å². The smallest absolute Gasteiger partial charge is 0.284 e. The van der Waals surface area contributed by atoms with Crippen LogP contribution in [0.15, 0.2) is 53.6 Å². The van der Waals surface area contributed by atoms with E-state index in [0.29, 0.717) is 27.9 Å². The maximum absolute atomic E-state index is 12.8. The van der Waals surface area contributed by atoms with Gasteiger partial charge < -0.3 is 14.8 Å². The van der Waals surface area contributed by atoms with Crippen LogP contribution in [0.25, 0.3) is 16.9 Å². The van der Waals surface area contributed by atoms with E-state index in [1.54, 1.807) is 42.5 Å². The number of hydrogen-bond acceptors (Lipinski definition) is 7. The number of nitrogens with one attached hydrogen (secondary N) is 1. The molecule has 11 heteroatoms. The molecule has 0 fully saturated rings. The second-order valence-electron chi connectivity index (χ2n) is 6.45. The van der Waals surface area contributed by atoms with Crippen LogP contribution in [0, 0.1) is 0 Å². The molecule has 31 heavy (non-hydrogen) atoms. The van der Waals surface area contributed by atoms with E-state index in [1.807, 2.05) is 0 Å². The maximum Gasteiger partial charge on any atom is 0.284 e. The van der Waals surface area contributed by atoms with Gasteiger partial charge in [0.2, 0.25) is 5.91 Å². The van der Waals surface area contributed by atoms with Crippen molar-refractivity contribution in [2.75, 3.05) is 19.5 Å². The third kappa shape index (κ3) is 4.05. The summed E-state index contributed by atoms with van der Waals surface area (Å²) in [7, 11) is 3.02. The molecule has 2 heterocycles. The van der Waals surface area contributed by atoms with Gasteiger partial charge in [-0.1, -0.05) is 22.9 Å². The van der Waals surface area contributed by atoms with E-state index in [-0.39, 0.29) is 17.7 Å². The normalized spacial score (nSPS) is 10.8. The highest BCUT2D eigenvalue weighted by atomic mass is 35.5. The number of benzene rings is 2. The number of halogens is 1. The summed E-state index contributed by atoms with van der Waals surface area (Å²) in [5.74, 6) is 0.579. The number of nitrogens with zero attached hydrogens (tertiary/aromatic N) is 5. The highest BCUT2D eigenvalue weighted by Crippen LogP contribution is 2.29. The van der Waals surface area contributed by atoms with Crippen molar-refractivity contribution in [1.82, 2.24) is 24.5 Å². The van der Waals surface area contributed by atoms with Crippen molar-refractivity contribution >= 4 is 34.4 Å². The Morgan fingerprint density at radius 1 is 1.16 bits per heavy atom. The van der Waals surface area contributed by atoms with E-state index in [0.717, 1.165) is 4.57 Å². The van der Waals surface area contributed by atoms with Gasteiger partial charge in [-0.25, -0.2) is 4.98 Å². The predicted molar refractivity (Wildman–Crippen MR) is 114 cm³/mol. The van der Waals surface area contributed by atoms with Gasteiger partial charge in [0.25, 0.3) is 5.56 Å². The first-order valence-electron chi connectivity index (χ1n) is 9.09. The topological polar surface area (TPSA) is 113 Å². The molecule has 10 nitrogen and oxygen atoms in total. The van der Waals surface area contributed by atoms with E-state index in [2.05, 4.69) is 20.6 Å². The van der Waals surface area contributed by atoms with Crippen molar-refractivity contribution in [1.29, 1.82) is 0 Å². The SMILES string of the molecule is COc1ccc(NC(=O)Cn2cnc3c(nnn3-c3cccc(Cl)c3)c2=O)c(OC)c1. The van der Waals surface area contributed by atoms with E-state index in [1.165, 1.54) is 25.2 Å². The Bertz CT molecular complexity index is 1330. The molecule has 2 aromatic heterocycles. The van der Waals surface area contributed by atoms with Gasteiger partial charge in [-0.3, -0.25) is 14.2 Å². The first-order chi connectivity index (χ1) is 15.0. The zero-order chi connectivity index (χ0) is 22.0. The Morgan fingerprint density at radius 2 is 2.00 bits per heavy atom. The molecule has 0 saturated carbocycles. The molecule has 0 unspecified atom stereocenters. The van der Waals surface area contributed by atoms with E-state index in [9.17, 15) is 9.59 Å². The first kappa shape index (κ1) is 20.4. The van der Waals surface area contributed by atoms with Crippen molar-refractivity contribution in [3.05, 3.63) is 64.2 Å². The van der Waals surface area contributed by atoms with Crippen LogP contribution in [0.1, 0.15) is 0 Å². The lowest BCUT2D eigenvalue weighted by Gasteiger charge is -2.12. The number of carbonyl (C=O) groups is 1. The molecule has 1 amide bonds. The molecule has 0 atom stereocenters. The lowest BCUT2D eigenvalue weighted by molar-refractivity contribution is -0.116. The zero-order valence-electron chi connectivity index (χ0n) is 16.6. The van der Waals surface area contributed by atoms with Crippen LogP contribution < -0.4 is 20.3 Å². The molecule has 0 radical (unpaired) electrons. The largest absolute Gasteiger partial charge is 0.497 e. The molecule has 2 aromatic carbocycles. The number of rotatable bonds is 6. The quantitative estimate of drug-likeness (QED) is 0.489. The molecule has 0 saturated heterocycles. The number of aromatic nitrogens is 5. The van der Waals surface area contributed by atoms with Gasteiger partial charge in [0.05, 0.1) is 25.6 Å². The number of amides is 1. The van der Waals surface area contributed by atoms with Crippen molar-refractivity contribution in [3.63, 3.8) is 0 Å². The molecule has 1 N–H and O–H groups in total. The first-order valence-corrected chi connectivity index (χ1v) is 9.46. The summed E-state index contributed by atoms with van der Waals surface area (Å²) in [4.78, 5) is 29.6. The summed E-state index contributed by atoms with van der Waals surface area (Å²) in [6, 6.07) is 11.9. The van der Waals surface area contributed by atoms with Gasteiger partial charge in [-0.05, 0) is 30.3 Å². The molecule has 158 valence electrons. The molecule has 0 spiro atoms. The summed E-state index contributed by atoms with van der Waals surface area (Å²) in [6.07, 6.45) is 1.28. The highest BCUT2D eigenvalue weighted by Gasteiger charge is 2.16. The van der Waals surface area contributed by atoms with Crippen LogP contribution in [-0.4, -0.2) is 44.7 Å². The third-order valence-electron chi connectivity index (χ3n) is 4.48. The minimum Gasteiger partial charge on any atom is -0.497 e. The average molecular weight is 441 g/mol. The lowest BCUT2D eigenvalue weighted by atomic mass is 10.2. The summed E-state index contributed by atoms with van der Waals surface area (Å²) < 4.78 is 13.0.